The van der Waals surface area contributed by atoms with Crippen molar-refractivity contribution in [2.45, 2.75) is 39.5 Å². The molecule has 0 saturated carbocycles. The zero-order valence-corrected chi connectivity index (χ0v) is 20.2. The third-order valence-corrected chi connectivity index (χ3v) is 6.72. The Kier molecular flexibility index (Phi) is 7.02. The molecular formula is C25H27N5O3S. The zero-order valence-electron chi connectivity index (χ0n) is 19.4. The first-order valence-electron chi connectivity index (χ1n) is 11.3. The number of anilines is 3. The summed E-state index contributed by atoms with van der Waals surface area (Å²) in [7, 11) is 0. The minimum atomic E-state index is -0.343. The highest BCUT2D eigenvalue weighted by molar-refractivity contribution is 7.15. The third kappa shape index (κ3) is 5.14. The van der Waals surface area contributed by atoms with Crippen LogP contribution in [0.15, 0.2) is 48.5 Å². The third-order valence-electron chi connectivity index (χ3n) is 5.72. The molecule has 34 heavy (non-hydrogen) atoms. The lowest BCUT2D eigenvalue weighted by molar-refractivity contribution is -0.119. The van der Waals surface area contributed by atoms with E-state index in [1.165, 1.54) is 11.3 Å². The molecule has 0 bridgehead atoms. The van der Waals surface area contributed by atoms with Gasteiger partial charge in [-0.3, -0.25) is 19.7 Å². The molecule has 2 N–H and O–H groups in total. The monoisotopic (exact) mass is 477 g/mol. The van der Waals surface area contributed by atoms with Gasteiger partial charge in [0.1, 0.15) is 5.01 Å². The molecule has 4 rings (SSSR count). The van der Waals surface area contributed by atoms with Gasteiger partial charge in [0.05, 0.1) is 0 Å². The summed E-state index contributed by atoms with van der Waals surface area (Å²) < 4.78 is 0. The number of nitrogens with zero attached hydrogens (tertiary/aromatic N) is 3. The molecule has 1 fully saturated rings. The van der Waals surface area contributed by atoms with E-state index < -0.39 is 0 Å². The van der Waals surface area contributed by atoms with Gasteiger partial charge in [-0.15, -0.1) is 10.2 Å². The van der Waals surface area contributed by atoms with Crippen molar-refractivity contribution in [1.82, 2.24) is 10.2 Å². The standard InChI is InChI=1S/C25H27N5O3S/c1-4-16-8-5-6-11-20(16)30-14-18(13-21(30)31)24-28-29-25(34-24)27-23(33)17-9-7-10-19(12-17)26-22(32)15(2)3/h5-12,15,18H,4,13-14H2,1-3H3,(H,26,32)(H,27,29,33)/t18-/m1/s1. The maximum absolute atomic E-state index is 12.7. The van der Waals surface area contributed by atoms with E-state index in [2.05, 4.69) is 27.8 Å². The first-order chi connectivity index (χ1) is 16.4. The van der Waals surface area contributed by atoms with E-state index in [9.17, 15) is 14.4 Å². The first kappa shape index (κ1) is 23.6. The van der Waals surface area contributed by atoms with Gasteiger partial charge in [-0.05, 0) is 36.2 Å². The second-order valence-corrected chi connectivity index (χ2v) is 9.52. The molecule has 0 unspecified atom stereocenters. The van der Waals surface area contributed by atoms with E-state index in [-0.39, 0.29) is 29.6 Å². The fraction of sp³-hybridized carbons (Fsp3) is 0.320. The van der Waals surface area contributed by atoms with Crippen LogP contribution >= 0.6 is 11.3 Å². The van der Waals surface area contributed by atoms with Crippen LogP contribution in [-0.2, 0) is 16.0 Å². The Morgan fingerprint density at radius 3 is 2.68 bits per heavy atom. The first-order valence-corrected chi connectivity index (χ1v) is 12.1. The summed E-state index contributed by atoms with van der Waals surface area (Å²) in [6.07, 6.45) is 1.21. The van der Waals surface area contributed by atoms with Crippen LogP contribution < -0.4 is 15.5 Å². The van der Waals surface area contributed by atoms with Gasteiger partial charge in [-0.2, -0.15) is 0 Å². The highest BCUT2D eigenvalue weighted by atomic mass is 32.1. The van der Waals surface area contributed by atoms with Gasteiger partial charge in [-0.25, -0.2) is 0 Å². The topological polar surface area (TPSA) is 104 Å². The van der Waals surface area contributed by atoms with Gasteiger partial charge in [0, 0.05) is 41.7 Å². The van der Waals surface area contributed by atoms with Crippen LogP contribution in [0.25, 0.3) is 0 Å². The SMILES string of the molecule is CCc1ccccc1N1C[C@H](c2nnc(NC(=O)c3cccc(NC(=O)C(C)C)c3)s2)CC1=O. The van der Waals surface area contributed by atoms with Crippen molar-refractivity contribution < 1.29 is 14.4 Å². The number of hydrogen-bond donors (Lipinski definition) is 2. The Hall–Kier alpha value is -3.59. The molecule has 0 radical (unpaired) electrons. The highest BCUT2D eigenvalue weighted by Gasteiger charge is 2.34. The maximum Gasteiger partial charge on any atom is 0.257 e. The van der Waals surface area contributed by atoms with Crippen LogP contribution in [0.3, 0.4) is 0 Å². The molecule has 1 aromatic heterocycles. The minimum Gasteiger partial charge on any atom is -0.326 e. The summed E-state index contributed by atoms with van der Waals surface area (Å²) in [5.74, 6) is -0.634. The van der Waals surface area contributed by atoms with Crippen LogP contribution in [0.2, 0.25) is 0 Å². The van der Waals surface area contributed by atoms with Crippen molar-refractivity contribution in [3.63, 3.8) is 0 Å². The summed E-state index contributed by atoms with van der Waals surface area (Å²) >= 11 is 1.28. The van der Waals surface area contributed by atoms with E-state index in [1.807, 2.05) is 29.2 Å². The fourth-order valence-corrected chi connectivity index (χ4v) is 4.65. The lowest BCUT2D eigenvalue weighted by Gasteiger charge is -2.19. The largest absolute Gasteiger partial charge is 0.326 e. The smallest absolute Gasteiger partial charge is 0.257 e. The maximum atomic E-state index is 12.7. The summed E-state index contributed by atoms with van der Waals surface area (Å²) in [5.41, 5.74) is 3.03. The number of carbonyl (C=O) groups excluding carboxylic acids is 3. The number of nitrogens with one attached hydrogen (secondary N) is 2. The lowest BCUT2D eigenvalue weighted by atomic mass is 10.1. The highest BCUT2D eigenvalue weighted by Crippen LogP contribution is 2.35. The molecule has 1 atom stereocenters. The summed E-state index contributed by atoms with van der Waals surface area (Å²) in [4.78, 5) is 39.2. The zero-order chi connectivity index (χ0) is 24.2. The molecule has 0 aliphatic carbocycles. The molecule has 2 heterocycles. The molecule has 176 valence electrons. The van der Waals surface area contributed by atoms with Gasteiger partial charge in [0.25, 0.3) is 5.91 Å². The van der Waals surface area contributed by atoms with Crippen molar-refractivity contribution in [1.29, 1.82) is 0 Å². The van der Waals surface area contributed by atoms with Gasteiger partial charge in [0.15, 0.2) is 0 Å². The van der Waals surface area contributed by atoms with Crippen molar-refractivity contribution >= 4 is 45.6 Å². The van der Waals surface area contributed by atoms with Crippen LogP contribution in [-0.4, -0.2) is 34.5 Å². The molecule has 3 amide bonds. The molecule has 9 heteroatoms. The molecule has 2 aromatic carbocycles. The molecule has 3 aromatic rings. The van der Waals surface area contributed by atoms with Gasteiger partial charge >= 0.3 is 0 Å². The molecule has 1 aliphatic heterocycles. The molecule has 1 aliphatic rings. The summed E-state index contributed by atoms with van der Waals surface area (Å²) in [5, 5.41) is 15.0. The average molecular weight is 478 g/mol. The van der Waals surface area contributed by atoms with Crippen LogP contribution in [0.5, 0.6) is 0 Å². The second kappa shape index (κ2) is 10.1. The van der Waals surface area contributed by atoms with Crippen molar-refractivity contribution in [2.75, 3.05) is 22.1 Å². The van der Waals surface area contributed by atoms with Crippen molar-refractivity contribution in [3.8, 4) is 0 Å². The van der Waals surface area contributed by atoms with Gasteiger partial charge in [-0.1, -0.05) is 56.4 Å². The van der Waals surface area contributed by atoms with Crippen molar-refractivity contribution in [3.05, 3.63) is 64.7 Å². The predicted molar refractivity (Wildman–Crippen MR) is 133 cm³/mol. The normalized spacial score (nSPS) is 15.6. The van der Waals surface area contributed by atoms with Gasteiger partial charge < -0.3 is 10.2 Å². The summed E-state index contributed by atoms with van der Waals surface area (Å²) in [6.45, 7) is 6.22. The Labute approximate surface area is 202 Å². The Balaban J connectivity index is 1.43. The lowest BCUT2D eigenvalue weighted by Crippen LogP contribution is -2.25. The Morgan fingerprint density at radius 2 is 1.91 bits per heavy atom. The average Bonchev–Trinajstić information content (AvgIpc) is 3.45. The number of para-hydroxylation sites is 1. The minimum absolute atomic E-state index is 0.0620. The van der Waals surface area contributed by atoms with E-state index in [0.29, 0.717) is 29.3 Å². The quantitative estimate of drug-likeness (QED) is 0.523. The van der Waals surface area contributed by atoms with Crippen molar-refractivity contribution in [2.24, 2.45) is 5.92 Å². The number of aromatic nitrogens is 2. The van der Waals surface area contributed by atoms with Crippen LogP contribution in [0.4, 0.5) is 16.5 Å². The molecule has 0 spiro atoms. The number of carbonyl (C=O) groups is 3. The van der Waals surface area contributed by atoms with E-state index in [1.54, 1.807) is 38.1 Å². The van der Waals surface area contributed by atoms with E-state index in [4.69, 9.17) is 0 Å². The second-order valence-electron chi connectivity index (χ2n) is 8.51. The van der Waals surface area contributed by atoms with Gasteiger partial charge in [0.2, 0.25) is 16.9 Å². The Bertz CT molecular complexity index is 1220. The van der Waals surface area contributed by atoms with Crippen LogP contribution in [0, 0.1) is 5.92 Å². The predicted octanol–water partition coefficient (Wildman–Crippen LogP) is 4.47. The Morgan fingerprint density at radius 1 is 1.12 bits per heavy atom. The van der Waals surface area contributed by atoms with E-state index in [0.717, 1.165) is 22.7 Å². The van der Waals surface area contributed by atoms with Crippen LogP contribution in [0.1, 0.15) is 54.0 Å². The fourth-order valence-electron chi connectivity index (χ4n) is 3.82. The number of hydrogen-bond acceptors (Lipinski definition) is 6. The molecule has 1 saturated heterocycles. The number of rotatable bonds is 7. The number of aryl methyl sites for hydroxylation is 1. The molecular weight excluding hydrogens is 450 g/mol. The number of amides is 3. The van der Waals surface area contributed by atoms with E-state index >= 15 is 0 Å². The summed E-state index contributed by atoms with van der Waals surface area (Å²) in [6, 6.07) is 14.7. The molecule has 8 nitrogen and oxygen atoms in total. The number of benzene rings is 2.